The first kappa shape index (κ1) is 16.8. The van der Waals surface area contributed by atoms with Gasteiger partial charge in [0, 0.05) is 49.1 Å². The minimum atomic E-state index is 0.0507. The molecule has 0 spiro atoms. The van der Waals surface area contributed by atoms with Crippen LogP contribution in [0.25, 0.3) is 10.9 Å². The number of allylic oxidation sites excluding steroid dienone is 1. The average molecular weight is 324 g/mol. The van der Waals surface area contributed by atoms with Crippen molar-refractivity contribution in [3.05, 3.63) is 48.7 Å². The van der Waals surface area contributed by atoms with Gasteiger partial charge in [-0.25, -0.2) is 0 Å². The smallest absolute Gasteiger partial charge is 0.223 e. The molecule has 0 N–H and O–H groups in total. The topological polar surface area (TPSA) is 25.2 Å². The summed E-state index contributed by atoms with van der Waals surface area (Å²) in [5.74, 6) is 0.727. The van der Waals surface area contributed by atoms with Crippen LogP contribution < -0.4 is 0 Å². The van der Waals surface area contributed by atoms with Gasteiger partial charge in [0.1, 0.15) is 0 Å². The van der Waals surface area contributed by atoms with E-state index < -0.39 is 0 Å². The second kappa shape index (κ2) is 6.46. The molecule has 1 unspecified atom stereocenters. The number of carbonyl (C=O) groups excluding carboxylic acids is 1. The number of para-hydroxylation sites is 1. The first-order valence-electron chi connectivity index (χ1n) is 8.85. The van der Waals surface area contributed by atoms with Gasteiger partial charge in [-0.3, -0.25) is 4.79 Å². The zero-order chi connectivity index (χ0) is 17.3. The van der Waals surface area contributed by atoms with Crippen molar-refractivity contribution in [1.29, 1.82) is 0 Å². The summed E-state index contributed by atoms with van der Waals surface area (Å²) >= 11 is 0. The molecule has 3 nitrogen and oxygen atoms in total. The molecule has 1 fully saturated rings. The SMILES string of the molecule is C=CCn1cc(C2CCN(C(=O)CC(C)(C)C)C2)c2ccccc21. The van der Waals surface area contributed by atoms with E-state index in [2.05, 4.69) is 67.3 Å². The molecule has 0 radical (unpaired) electrons. The van der Waals surface area contributed by atoms with Gasteiger partial charge in [0.05, 0.1) is 0 Å². The van der Waals surface area contributed by atoms with E-state index >= 15 is 0 Å². The van der Waals surface area contributed by atoms with Gasteiger partial charge in [0.2, 0.25) is 5.91 Å². The molecule has 1 atom stereocenters. The van der Waals surface area contributed by atoms with E-state index in [0.29, 0.717) is 18.2 Å². The maximum atomic E-state index is 12.5. The molecule has 2 aromatic rings. The van der Waals surface area contributed by atoms with Gasteiger partial charge in [-0.2, -0.15) is 0 Å². The number of fused-ring (bicyclic) bond motifs is 1. The summed E-state index contributed by atoms with van der Waals surface area (Å²) < 4.78 is 2.26. The van der Waals surface area contributed by atoms with Gasteiger partial charge in [0.25, 0.3) is 0 Å². The highest BCUT2D eigenvalue weighted by molar-refractivity contribution is 5.85. The van der Waals surface area contributed by atoms with Crippen molar-refractivity contribution in [1.82, 2.24) is 9.47 Å². The van der Waals surface area contributed by atoms with E-state index in [1.165, 1.54) is 16.5 Å². The second-order valence-corrected chi connectivity index (χ2v) is 8.11. The van der Waals surface area contributed by atoms with E-state index in [1.807, 2.05) is 6.08 Å². The molecule has 1 aliphatic heterocycles. The zero-order valence-corrected chi connectivity index (χ0v) is 15.1. The number of nitrogens with zero attached hydrogens (tertiary/aromatic N) is 2. The first-order valence-corrected chi connectivity index (χ1v) is 8.85. The molecule has 2 heterocycles. The number of amides is 1. The fourth-order valence-corrected chi connectivity index (χ4v) is 3.70. The predicted octanol–water partition coefficient (Wildman–Crippen LogP) is 4.58. The van der Waals surface area contributed by atoms with E-state index in [-0.39, 0.29) is 5.41 Å². The van der Waals surface area contributed by atoms with Crippen LogP contribution in [0.15, 0.2) is 43.1 Å². The Balaban J connectivity index is 1.82. The molecule has 1 aromatic carbocycles. The molecule has 3 rings (SSSR count). The van der Waals surface area contributed by atoms with Crippen LogP contribution in [0.3, 0.4) is 0 Å². The number of rotatable bonds is 4. The molecule has 0 saturated carbocycles. The minimum Gasteiger partial charge on any atom is -0.343 e. The van der Waals surface area contributed by atoms with Crippen LogP contribution in [-0.4, -0.2) is 28.5 Å². The second-order valence-electron chi connectivity index (χ2n) is 8.11. The summed E-state index contributed by atoms with van der Waals surface area (Å²) in [7, 11) is 0. The van der Waals surface area contributed by atoms with Gasteiger partial charge in [-0.15, -0.1) is 6.58 Å². The molecular weight excluding hydrogens is 296 g/mol. The minimum absolute atomic E-state index is 0.0507. The van der Waals surface area contributed by atoms with E-state index in [9.17, 15) is 4.79 Å². The monoisotopic (exact) mass is 324 g/mol. The van der Waals surface area contributed by atoms with Crippen molar-refractivity contribution in [3.63, 3.8) is 0 Å². The maximum absolute atomic E-state index is 12.5. The van der Waals surface area contributed by atoms with Crippen LogP contribution >= 0.6 is 0 Å². The van der Waals surface area contributed by atoms with Crippen LogP contribution in [0.4, 0.5) is 0 Å². The Morgan fingerprint density at radius 1 is 1.33 bits per heavy atom. The molecule has 3 heteroatoms. The summed E-state index contributed by atoms with van der Waals surface area (Å²) in [5.41, 5.74) is 2.68. The van der Waals surface area contributed by atoms with Crippen LogP contribution in [-0.2, 0) is 11.3 Å². The highest BCUT2D eigenvalue weighted by atomic mass is 16.2. The molecule has 1 aliphatic rings. The molecule has 1 saturated heterocycles. The van der Waals surface area contributed by atoms with Crippen molar-refractivity contribution in [2.24, 2.45) is 5.41 Å². The summed E-state index contributed by atoms with van der Waals surface area (Å²) in [6, 6.07) is 8.55. The fraction of sp³-hybridized carbons (Fsp3) is 0.476. The number of benzene rings is 1. The molecular formula is C21H28N2O. The van der Waals surface area contributed by atoms with Gasteiger partial charge in [0.15, 0.2) is 0 Å². The summed E-state index contributed by atoms with van der Waals surface area (Å²) in [6.07, 6.45) is 5.87. The van der Waals surface area contributed by atoms with Crippen molar-refractivity contribution < 1.29 is 4.79 Å². The number of carbonyl (C=O) groups is 1. The van der Waals surface area contributed by atoms with Crippen molar-refractivity contribution in [3.8, 4) is 0 Å². The lowest BCUT2D eigenvalue weighted by Gasteiger charge is -2.23. The molecule has 128 valence electrons. The van der Waals surface area contributed by atoms with Crippen LogP contribution in [0.5, 0.6) is 0 Å². The Hall–Kier alpha value is -2.03. The number of aromatic nitrogens is 1. The van der Waals surface area contributed by atoms with Crippen molar-refractivity contribution in [2.75, 3.05) is 13.1 Å². The zero-order valence-electron chi connectivity index (χ0n) is 15.1. The van der Waals surface area contributed by atoms with Crippen LogP contribution in [0.2, 0.25) is 0 Å². The van der Waals surface area contributed by atoms with Gasteiger partial charge in [-0.1, -0.05) is 45.0 Å². The van der Waals surface area contributed by atoms with Gasteiger partial charge in [-0.05, 0) is 23.5 Å². The molecule has 24 heavy (non-hydrogen) atoms. The molecule has 1 amide bonds. The number of likely N-dealkylation sites (tertiary alicyclic amines) is 1. The largest absolute Gasteiger partial charge is 0.343 e. The Kier molecular flexibility index (Phi) is 4.53. The lowest BCUT2D eigenvalue weighted by molar-refractivity contribution is -0.132. The van der Waals surface area contributed by atoms with Crippen LogP contribution in [0.1, 0.15) is 45.1 Å². The van der Waals surface area contributed by atoms with Gasteiger partial charge >= 0.3 is 0 Å². The average Bonchev–Trinajstić information content (AvgIpc) is 3.11. The summed E-state index contributed by atoms with van der Waals surface area (Å²) in [4.78, 5) is 14.6. The predicted molar refractivity (Wildman–Crippen MR) is 100 cm³/mol. The summed E-state index contributed by atoms with van der Waals surface area (Å²) in [5, 5.41) is 1.31. The Bertz CT molecular complexity index is 751. The summed E-state index contributed by atoms with van der Waals surface area (Å²) in [6.45, 7) is 12.8. The standard InChI is InChI=1S/C21H28N2O/c1-5-11-22-15-18(17-8-6-7-9-19(17)22)16-10-12-23(14-16)20(24)13-21(2,3)4/h5-9,15-16H,1,10-14H2,2-4H3. The first-order chi connectivity index (χ1) is 11.4. The maximum Gasteiger partial charge on any atom is 0.223 e. The third-order valence-electron chi connectivity index (χ3n) is 4.81. The Morgan fingerprint density at radius 2 is 2.08 bits per heavy atom. The fourth-order valence-electron chi connectivity index (χ4n) is 3.70. The third kappa shape index (κ3) is 3.40. The third-order valence-corrected chi connectivity index (χ3v) is 4.81. The lowest BCUT2D eigenvalue weighted by Crippen LogP contribution is -2.31. The van der Waals surface area contributed by atoms with E-state index in [1.54, 1.807) is 0 Å². The highest BCUT2D eigenvalue weighted by Crippen LogP contribution is 2.34. The van der Waals surface area contributed by atoms with Crippen LogP contribution in [0, 0.1) is 5.41 Å². The number of hydrogen-bond acceptors (Lipinski definition) is 1. The lowest BCUT2D eigenvalue weighted by atomic mass is 9.91. The van der Waals surface area contributed by atoms with Crippen molar-refractivity contribution in [2.45, 2.75) is 46.1 Å². The molecule has 0 aliphatic carbocycles. The normalized spacial score (nSPS) is 18.3. The Morgan fingerprint density at radius 3 is 2.79 bits per heavy atom. The molecule has 1 aromatic heterocycles. The quantitative estimate of drug-likeness (QED) is 0.756. The molecule has 0 bridgehead atoms. The van der Waals surface area contributed by atoms with Crippen molar-refractivity contribution >= 4 is 16.8 Å². The Labute approximate surface area is 145 Å². The van der Waals surface area contributed by atoms with E-state index in [0.717, 1.165) is 26.1 Å². The highest BCUT2D eigenvalue weighted by Gasteiger charge is 2.30. The van der Waals surface area contributed by atoms with E-state index in [4.69, 9.17) is 0 Å². The number of hydrogen-bond donors (Lipinski definition) is 0. The van der Waals surface area contributed by atoms with Gasteiger partial charge < -0.3 is 9.47 Å².